The molecule has 0 spiro atoms. The van der Waals surface area contributed by atoms with Crippen LogP contribution in [0.2, 0.25) is 0 Å². The van der Waals surface area contributed by atoms with Crippen molar-refractivity contribution in [2.45, 2.75) is 32.4 Å². The molecule has 1 fully saturated rings. The lowest BCUT2D eigenvalue weighted by Gasteiger charge is -2.25. The Bertz CT molecular complexity index is 1310. The van der Waals surface area contributed by atoms with E-state index in [1.54, 1.807) is 4.68 Å². The summed E-state index contributed by atoms with van der Waals surface area (Å²) in [5.74, 6) is -0.560. The number of para-hydroxylation sites is 1. The summed E-state index contributed by atoms with van der Waals surface area (Å²) in [7, 11) is 0. The average Bonchev–Trinajstić information content (AvgIpc) is 3.65. The quantitative estimate of drug-likeness (QED) is 0.288. The summed E-state index contributed by atoms with van der Waals surface area (Å²) in [6.45, 7) is 3.65. The number of aromatic nitrogens is 2. The molecule has 1 aliphatic carbocycles. The molecular formula is C29H29F2N3O2. The Morgan fingerprint density at radius 2 is 1.72 bits per heavy atom. The van der Waals surface area contributed by atoms with Crippen molar-refractivity contribution in [3.8, 4) is 17.3 Å². The summed E-state index contributed by atoms with van der Waals surface area (Å²) in [6, 6.07) is 22.3. The molecule has 1 N–H and O–H groups in total. The number of nitrogens with zero attached hydrogens (tertiary/aromatic N) is 3. The van der Waals surface area contributed by atoms with Crippen LogP contribution in [-0.2, 0) is 6.54 Å². The minimum atomic E-state index is -0.784. The van der Waals surface area contributed by atoms with Gasteiger partial charge in [0.05, 0.1) is 23.0 Å². The summed E-state index contributed by atoms with van der Waals surface area (Å²) in [5, 5.41) is 15.7. The van der Waals surface area contributed by atoms with Crippen LogP contribution in [0.15, 0.2) is 78.9 Å². The van der Waals surface area contributed by atoms with Gasteiger partial charge in [-0.15, -0.1) is 0 Å². The largest absolute Gasteiger partial charge is 0.435 e. The molecule has 1 atom stereocenters. The molecule has 1 saturated carbocycles. The van der Waals surface area contributed by atoms with E-state index in [0.29, 0.717) is 24.9 Å². The fourth-order valence-electron chi connectivity index (χ4n) is 4.35. The Kier molecular flexibility index (Phi) is 7.11. The first-order valence-corrected chi connectivity index (χ1v) is 12.2. The maximum absolute atomic E-state index is 14.6. The first-order chi connectivity index (χ1) is 17.5. The van der Waals surface area contributed by atoms with Crippen molar-refractivity contribution in [3.63, 3.8) is 0 Å². The summed E-state index contributed by atoms with van der Waals surface area (Å²) in [4.78, 5) is 2.21. The predicted octanol–water partition coefficient (Wildman–Crippen LogP) is 6.20. The number of hydrogen-bond acceptors (Lipinski definition) is 4. The number of aliphatic hydroxyl groups is 1. The van der Waals surface area contributed by atoms with Crippen LogP contribution in [0.5, 0.6) is 11.6 Å². The van der Waals surface area contributed by atoms with Gasteiger partial charge in [0.2, 0.25) is 5.88 Å². The van der Waals surface area contributed by atoms with E-state index >= 15 is 0 Å². The lowest BCUT2D eigenvalue weighted by Crippen LogP contribution is -2.30. The maximum atomic E-state index is 14.6. The molecule has 186 valence electrons. The van der Waals surface area contributed by atoms with Crippen LogP contribution in [0.25, 0.3) is 5.69 Å². The second kappa shape index (κ2) is 10.6. The molecule has 3 aromatic carbocycles. The van der Waals surface area contributed by atoms with Crippen LogP contribution in [0, 0.1) is 24.5 Å². The second-order valence-electron chi connectivity index (χ2n) is 9.36. The van der Waals surface area contributed by atoms with Crippen molar-refractivity contribution in [2.75, 3.05) is 13.1 Å². The predicted molar refractivity (Wildman–Crippen MR) is 134 cm³/mol. The maximum Gasteiger partial charge on any atom is 0.227 e. The molecule has 4 aromatic rings. The van der Waals surface area contributed by atoms with Crippen LogP contribution in [0.1, 0.15) is 35.8 Å². The van der Waals surface area contributed by atoms with Gasteiger partial charge in [-0.25, -0.2) is 13.5 Å². The molecule has 1 heterocycles. The number of ether oxygens (including phenoxy) is 1. The van der Waals surface area contributed by atoms with Crippen LogP contribution >= 0.6 is 0 Å². The van der Waals surface area contributed by atoms with Gasteiger partial charge in [0.1, 0.15) is 5.82 Å². The fraction of sp³-hybridized carbons (Fsp3) is 0.276. The van der Waals surface area contributed by atoms with Gasteiger partial charge in [0.25, 0.3) is 0 Å². The van der Waals surface area contributed by atoms with E-state index in [1.165, 1.54) is 25.0 Å². The van der Waals surface area contributed by atoms with Crippen LogP contribution < -0.4 is 4.74 Å². The zero-order valence-corrected chi connectivity index (χ0v) is 20.1. The van der Waals surface area contributed by atoms with E-state index in [4.69, 9.17) is 9.84 Å². The van der Waals surface area contributed by atoms with Gasteiger partial charge in [-0.3, -0.25) is 4.90 Å². The van der Waals surface area contributed by atoms with Crippen molar-refractivity contribution < 1.29 is 18.6 Å². The lowest BCUT2D eigenvalue weighted by atomic mass is 10.1. The number of hydrogen-bond donors (Lipinski definition) is 1. The van der Waals surface area contributed by atoms with Gasteiger partial charge in [-0.05, 0) is 55.5 Å². The van der Waals surface area contributed by atoms with Gasteiger partial charge in [0.15, 0.2) is 11.6 Å². The molecule has 36 heavy (non-hydrogen) atoms. The Labute approximate surface area is 209 Å². The Hall–Kier alpha value is -3.55. The molecule has 1 unspecified atom stereocenters. The first-order valence-electron chi connectivity index (χ1n) is 12.2. The zero-order valence-electron chi connectivity index (χ0n) is 20.1. The third-order valence-electron chi connectivity index (χ3n) is 6.45. The van der Waals surface area contributed by atoms with E-state index < -0.39 is 17.7 Å². The Morgan fingerprint density at radius 3 is 2.39 bits per heavy atom. The van der Waals surface area contributed by atoms with Crippen LogP contribution in [-0.4, -0.2) is 32.9 Å². The number of aryl methyl sites for hydroxylation is 1. The Balaban J connectivity index is 1.49. The second-order valence-corrected chi connectivity index (χ2v) is 9.36. The third kappa shape index (κ3) is 5.64. The summed E-state index contributed by atoms with van der Waals surface area (Å²) < 4.78 is 35.8. The van der Waals surface area contributed by atoms with Gasteiger partial charge < -0.3 is 9.84 Å². The third-order valence-corrected chi connectivity index (χ3v) is 6.45. The summed E-state index contributed by atoms with van der Waals surface area (Å²) in [5.41, 5.74) is 3.16. The molecular weight excluding hydrogens is 460 g/mol. The van der Waals surface area contributed by atoms with E-state index in [2.05, 4.69) is 4.90 Å². The van der Waals surface area contributed by atoms with Crippen molar-refractivity contribution in [2.24, 2.45) is 5.92 Å². The SMILES string of the molecule is Cc1nn(-c2ccccc2)c(Oc2ccc(F)cc2F)c1CN(CC1CC1)CC(O)c1ccccc1. The number of aliphatic hydroxyl groups excluding tert-OH is 1. The normalized spacial score (nSPS) is 14.2. The number of benzene rings is 3. The molecule has 1 aliphatic rings. The minimum absolute atomic E-state index is 0.0761. The highest BCUT2D eigenvalue weighted by Crippen LogP contribution is 2.35. The molecule has 0 saturated heterocycles. The molecule has 5 nitrogen and oxygen atoms in total. The average molecular weight is 490 g/mol. The van der Waals surface area contributed by atoms with Crippen molar-refractivity contribution >= 4 is 0 Å². The summed E-state index contributed by atoms with van der Waals surface area (Å²) >= 11 is 0. The minimum Gasteiger partial charge on any atom is -0.435 e. The molecule has 0 radical (unpaired) electrons. The smallest absolute Gasteiger partial charge is 0.227 e. The molecule has 0 aliphatic heterocycles. The van der Waals surface area contributed by atoms with Crippen molar-refractivity contribution in [1.29, 1.82) is 0 Å². The van der Waals surface area contributed by atoms with Crippen molar-refractivity contribution in [1.82, 2.24) is 14.7 Å². The number of halogens is 2. The molecule has 7 heteroatoms. The fourth-order valence-corrected chi connectivity index (χ4v) is 4.35. The first kappa shape index (κ1) is 24.2. The zero-order chi connectivity index (χ0) is 25.1. The van der Waals surface area contributed by atoms with E-state index in [0.717, 1.165) is 35.1 Å². The molecule has 0 bridgehead atoms. The molecule has 5 rings (SSSR count). The standard InChI is InChI=1S/C29H29F2N3O2/c1-20-25(18-33(17-21-12-13-21)19-27(35)22-8-4-2-5-9-22)29(34(32-20)24-10-6-3-7-11-24)36-28-15-14-23(30)16-26(28)31/h2-11,14-16,21,27,35H,12-13,17-19H2,1H3. The molecule has 0 amide bonds. The lowest BCUT2D eigenvalue weighted by molar-refractivity contribution is 0.105. The van der Waals surface area contributed by atoms with E-state index in [9.17, 15) is 13.9 Å². The van der Waals surface area contributed by atoms with Gasteiger partial charge >= 0.3 is 0 Å². The van der Waals surface area contributed by atoms with Gasteiger partial charge in [-0.1, -0.05) is 48.5 Å². The van der Waals surface area contributed by atoms with E-state index in [1.807, 2.05) is 67.6 Å². The van der Waals surface area contributed by atoms with Crippen LogP contribution in [0.3, 0.4) is 0 Å². The van der Waals surface area contributed by atoms with Crippen LogP contribution in [0.4, 0.5) is 8.78 Å². The van der Waals surface area contributed by atoms with Gasteiger partial charge in [0, 0.05) is 25.7 Å². The Morgan fingerprint density at radius 1 is 1.03 bits per heavy atom. The molecule has 1 aromatic heterocycles. The van der Waals surface area contributed by atoms with E-state index in [-0.39, 0.29) is 5.75 Å². The monoisotopic (exact) mass is 489 g/mol. The highest BCUT2D eigenvalue weighted by Gasteiger charge is 2.28. The van der Waals surface area contributed by atoms with Gasteiger partial charge in [-0.2, -0.15) is 5.10 Å². The topological polar surface area (TPSA) is 50.5 Å². The highest BCUT2D eigenvalue weighted by atomic mass is 19.1. The van der Waals surface area contributed by atoms with Crippen molar-refractivity contribution in [3.05, 3.63) is 107 Å². The number of rotatable bonds is 10. The highest BCUT2D eigenvalue weighted by molar-refractivity contribution is 5.43. The summed E-state index contributed by atoms with van der Waals surface area (Å²) in [6.07, 6.45) is 1.70.